The summed E-state index contributed by atoms with van der Waals surface area (Å²) in [7, 11) is 0. The van der Waals surface area contributed by atoms with Gasteiger partial charge in [0.2, 0.25) is 5.82 Å². The van der Waals surface area contributed by atoms with Crippen LogP contribution in [0.25, 0.3) is 17.2 Å². The van der Waals surface area contributed by atoms with Gasteiger partial charge in [0.1, 0.15) is 11.3 Å². The minimum absolute atomic E-state index is 0.177. The summed E-state index contributed by atoms with van der Waals surface area (Å²) in [4.78, 5) is 14.9. The lowest BCUT2D eigenvalue weighted by Gasteiger charge is -2.00. The van der Waals surface area contributed by atoms with Crippen molar-refractivity contribution in [3.05, 3.63) is 30.1 Å². The Morgan fingerprint density at radius 1 is 1.35 bits per heavy atom. The van der Waals surface area contributed by atoms with E-state index in [1.807, 2.05) is 28.9 Å². The SMILES string of the molecule is O=C(O)CCCc1ccc2nc(-c3nn[nH]n3)cn2c1. The fourth-order valence-electron chi connectivity index (χ4n) is 2.01. The number of tetrazole rings is 1. The molecule has 0 fully saturated rings. The first-order valence-electron chi connectivity index (χ1n) is 6.15. The van der Waals surface area contributed by atoms with E-state index >= 15 is 0 Å². The van der Waals surface area contributed by atoms with Crippen molar-refractivity contribution in [1.29, 1.82) is 0 Å². The molecule has 3 aromatic rings. The number of nitrogens with zero attached hydrogens (tertiary/aromatic N) is 5. The Morgan fingerprint density at radius 2 is 2.25 bits per heavy atom. The van der Waals surface area contributed by atoms with Crippen molar-refractivity contribution in [2.45, 2.75) is 19.3 Å². The molecule has 3 heterocycles. The van der Waals surface area contributed by atoms with E-state index in [1.54, 1.807) is 0 Å². The molecule has 0 spiro atoms. The molecule has 0 aliphatic rings. The summed E-state index contributed by atoms with van der Waals surface area (Å²) in [6.07, 6.45) is 5.27. The van der Waals surface area contributed by atoms with Gasteiger partial charge in [-0.05, 0) is 29.7 Å². The summed E-state index contributed by atoms with van der Waals surface area (Å²) < 4.78 is 1.88. The summed E-state index contributed by atoms with van der Waals surface area (Å²) in [6, 6.07) is 3.84. The van der Waals surface area contributed by atoms with Crippen LogP contribution >= 0.6 is 0 Å². The second-order valence-corrected chi connectivity index (χ2v) is 4.41. The molecule has 8 heteroatoms. The molecule has 0 radical (unpaired) electrons. The molecule has 3 rings (SSSR count). The maximum Gasteiger partial charge on any atom is 0.303 e. The zero-order chi connectivity index (χ0) is 13.9. The highest BCUT2D eigenvalue weighted by Gasteiger charge is 2.08. The van der Waals surface area contributed by atoms with Crippen molar-refractivity contribution >= 4 is 11.6 Å². The lowest BCUT2D eigenvalue weighted by molar-refractivity contribution is -0.137. The fraction of sp³-hybridized carbons (Fsp3) is 0.250. The normalized spacial score (nSPS) is 11.0. The second kappa shape index (κ2) is 5.08. The van der Waals surface area contributed by atoms with E-state index in [9.17, 15) is 4.79 Å². The third-order valence-corrected chi connectivity index (χ3v) is 2.94. The number of aromatic amines is 1. The van der Waals surface area contributed by atoms with Crippen LogP contribution in [-0.2, 0) is 11.2 Å². The van der Waals surface area contributed by atoms with E-state index in [0.717, 1.165) is 17.6 Å². The lowest BCUT2D eigenvalue weighted by Crippen LogP contribution is -1.96. The van der Waals surface area contributed by atoms with E-state index in [4.69, 9.17) is 5.11 Å². The van der Waals surface area contributed by atoms with Gasteiger partial charge < -0.3 is 9.51 Å². The number of hydrogen-bond acceptors (Lipinski definition) is 5. The summed E-state index contributed by atoms with van der Waals surface area (Å²) in [5.74, 6) is -0.325. The van der Waals surface area contributed by atoms with Crippen LogP contribution in [0.1, 0.15) is 18.4 Å². The zero-order valence-corrected chi connectivity index (χ0v) is 10.5. The Balaban J connectivity index is 1.82. The van der Waals surface area contributed by atoms with Crippen molar-refractivity contribution < 1.29 is 9.90 Å². The molecule has 0 saturated heterocycles. The minimum atomic E-state index is -0.770. The Bertz CT molecular complexity index is 734. The van der Waals surface area contributed by atoms with E-state index < -0.39 is 5.97 Å². The number of aromatic nitrogens is 6. The van der Waals surface area contributed by atoms with Crippen LogP contribution in [0.4, 0.5) is 0 Å². The number of carboxylic acids is 1. The van der Waals surface area contributed by atoms with Gasteiger partial charge in [0.05, 0.1) is 0 Å². The first kappa shape index (κ1) is 12.3. The Kier molecular flexibility index (Phi) is 3.12. The number of aliphatic carboxylic acids is 1. The minimum Gasteiger partial charge on any atom is -0.481 e. The van der Waals surface area contributed by atoms with Gasteiger partial charge in [-0.15, -0.1) is 10.2 Å². The van der Waals surface area contributed by atoms with Crippen LogP contribution in [0.5, 0.6) is 0 Å². The highest BCUT2D eigenvalue weighted by Crippen LogP contribution is 2.15. The van der Waals surface area contributed by atoms with Crippen LogP contribution in [-0.4, -0.2) is 41.1 Å². The maximum absolute atomic E-state index is 10.5. The van der Waals surface area contributed by atoms with Crippen molar-refractivity contribution in [2.24, 2.45) is 0 Å². The number of nitrogens with one attached hydrogen (secondary N) is 1. The van der Waals surface area contributed by atoms with Gasteiger partial charge in [0.15, 0.2) is 0 Å². The quantitative estimate of drug-likeness (QED) is 0.714. The van der Waals surface area contributed by atoms with Crippen molar-refractivity contribution in [2.75, 3.05) is 0 Å². The number of aryl methyl sites for hydroxylation is 1. The number of H-pyrrole nitrogens is 1. The van der Waals surface area contributed by atoms with E-state index in [1.165, 1.54) is 0 Å². The smallest absolute Gasteiger partial charge is 0.303 e. The molecular weight excluding hydrogens is 260 g/mol. The highest BCUT2D eigenvalue weighted by molar-refractivity contribution is 5.66. The number of fused-ring (bicyclic) bond motifs is 1. The van der Waals surface area contributed by atoms with Crippen molar-refractivity contribution in [1.82, 2.24) is 30.0 Å². The molecule has 0 atom stereocenters. The van der Waals surface area contributed by atoms with Gasteiger partial charge in [-0.3, -0.25) is 4.79 Å². The van der Waals surface area contributed by atoms with Crippen molar-refractivity contribution in [3.63, 3.8) is 0 Å². The number of hydrogen-bond donors (Lipinski definition) is 2. The van der Waals surface area contributed by atoms with Crippen LogP contribution in [0.15, 0.2) is 24.5 Å². The van der Waals surface area contributed by atoms with Gasteiger partial charge >= 0.3 is 5.97 Å². The third-order valence-electron chi connectivity index (χ3n) is 2.94. The summed E-state index contributed by atoms with van der Waals surface area (Å²) in [6.45, 7) is 0. The van der Waals surface area contributed by atoms with Crippen molar-refractivity contribution in [3.8, 4) is 11.5 Å². The molecule has 0 aliphatic carbocycles. The number of rotatable bonds is 5. The Hall–Kier alpha value is -2.77. The first-order valence-corrected chi connectivity index (χ1v) is 6.15. The van der Waals surface area contributed by atoms with Gasteiger partial charge in [0, 0.05) is 18.8 Å². The molecular formula is C12H12N6O2. The zero-order valence-electron chi connectivity index (χ0n) is 10.5. The Morgan fingerprint density at radius 3 is 3.00 bits per heavy atom. The predicted molar refractivity (Wildman–Crippen MR) is 68.9 cm³/mol. The van der Waals surface area contributed by atoms with Gasteiger partial charge in [-0.2, -0.15) is 5.21 Å². The average molecular weight is 272 g/mol. The number of carboxylic acid groups (broad SMARTS) is 1. The number of imidazole rings is 1. The second-order valence-electron chi connectivity index (χ2n) is 4.41. The average Bonchev–Trinajstić information content (AvgIpc) is 3.06. The fourth-order valence-corrected chi connectivity index (χ4v) is 2.01. The van der Waals surface area contributed by atoms with Gasteiger partial charge in [-0.1, -0.05) is 6.07 Å². The molecule has 0 bridgehead atoms. The molecule has 8 nitrogen and oxygen atoms in total. The van der Waals surface area contributed by atoms with Gasteiger partial charge in [0.25, 0.3) is 0 Å². The van der Waals surface area contributed by atoms with Crippen LogP contribution in [0.2, 0.25) is 0 Å². The molecule has 0 saturated carbocycles. The summed E-state index contributed by atoms with van der Waals surface area (Å²) >= 11 is 0. The van der Waals surface area contributed by atoms with Crippen LogP contribution < -0.4 is 0 Å². The largest absolute Gasteiger partial charge is 0.481 e. The summed E-state index contributed by atoms with van der Waals surface area (Å²) in [5, 5.41) is 22.3. The first-order chi connectivity index (χ1) is 9.72. The molecule has 102 valence electrons. The maximum atomic E-state index is 10.5. The molecule has 0 unspecified atom stereocenters. The monoisotopic (exact) mass is 272 g/mol. The van der Waals surface area contributed by atoms with E-state index in [0.29, 0.717) is 17.9 Å². The topological polar surface area (TPSA) is 109 Å². The predicted octanol–water partition coefficient (Wildman–Crippen LogP) is 0.922. The van der Waals surface area contributed by atoms with Crippen LogP contribution in [0.3, 0.4) is 0 Å². The molecule has 20 heavy (non-hydrogen) atoms. The standard InChI is InChI=1S/C12H12N6O2/c19-11(20)3-1-2-8-4-5-10-13-9(7-18(10)6-8)12-14-16-17-15-12/h4-7H,1-3H2,(H,19,20)(H,14,15,16,17). The lowest BCUT2D eigenvalue weighted by atomic mass is 10.1. The van der Waals surface area contributed by atoms with E-state index in [2.05, 4.69) is 25.6 Å². The Labute approximate surface area is 113 Å². The molecule has 0 aromatic carbocycles. The third kappa shape index (κ3) is 2.48. The number of pyridine rings is 1. The molecule has 3 aromatic heterocycles. The number of carbonyl (C=O) groups is 1. The molecule has 0 aliphatic heterocycles. The van der Waals surface area contributed by atoms with Gasteiger partial charge in [-0.25, -0.2) is 4.98 Å². The van der Waals surface area contributed by atoms with Crippen LogP contribution in [0, 0.1) is 0 Å². The highest BCUT2D eigenvalue weighted by atomic mass is 16.4. The molecule has 0 amide bonds. The van der Waals surface area contributed by atoms with E-state index in [-0.39, 0.29) is 6.42 Å². The molecule has 2 N–H and O–H groups in total. The summed E-state index contributed by atoms with van der Waals surface area (Å²) in [5.41, 5.74) is 2.49.